The lowest BCUT2D eigenvalue weighted by molar-refractivity contribution is -0.137. The van der Waals surface area contributed by atoms with Crippen LogP contribution in [0.25, 0.3) is 0 Å². The van der Waals surface area contributed by atoms with E-state index < -0.39 is 12.1 Å². The monoisotopic (exact) mass is 266 g/mol. The van der Waals surface area contributed by atoms with Gasteiger partial charge >= 0.3 is 5.97 Å². The molecule has 106 valence electrons. The average Bonchev–Trinajstić information content (AvgIpc) is 2.75. The lowest BCUT2D eigenvalue weighted by atomic mass is 9.90. The zero-order valence-electron chi connectivity index (χ0n) is 11.1. The molecule has 0 aromatic heterocycles. The predicted octanol–water partition coefficient (Wildman–Crippen LogP) is 1.57. The van der Waals surface area contributed by atoms with Gasteiger partial charge in [-0.3, -0.25) is 0 Å². The Morgan fingerprint density at radius 2 is 2.00 bits per heavy atom. The Kier molecular flexibility index (Phi) is 5.16. The van der Waals surface area contributed by atoms with Crippen molar-refractivity contribution in [1.82, 2.24) is 0 Å². The van der Waals surface area contributed by atoms with Gasteiger partial charge in [0.1, 0.15) is 0 Å². The molecule has 0 bridgehead atoms. The third-order valence-corrected chi connectivity index (χ3v) is 3.90. The summed E-state index contributed by atoms with van der Waals surface area (Å²) in [6.45, 7) is 0.429. The molecule has 0 spiro atoms. The van der Waals surface area contributed by atoms with E-state index in [2.05, 4.69) is 12.2 Å². The van der Waals surface area contributed by atoms with E-state index in [0.29, 0.717) is 19.4 Å². The Balaban J connectivity index is 2.09. The second kappa shape index (κ2) is 6.87. The van der Waals surface area contributed by atoms with Crippen molar-refractivity contribution in [3.63, 3.8) is 0 Å². The van der Waals surface area contributed by atoms with Crippen molar-refractivity contribution in [2.45, 2.75) is 44.3 Å². The van der Waals surface area contributed by atoms with E-state index in [1.807, 2.05) is 0 Å². The lowest BCUT2D eigenvalue weighted by Gasteiger charge is -2.19. The van der Waals surface area contributed by atoms with E-state index in [0.717, 1.165) is 19.3 Å². The Morgan fingerprint density at radius 3 is 2.84 bits per heavy atom. The molecule has 2 N–H and O–H groups in total. The molecule has 4 heteroatoms. The van der Waals surface area contributed by atoms with Gasteiger partial charge in [0.2, 0.25) is 0 Å². The molecular weight excluding hydrogens is 244 g/mol. The second-order valence-electron chi connectivity index (χ2n) is 5.39. The minimum absolute atomic E-state index is 0.0175. The van der Waals surface area contributed by atoms with Gasteiger partial charge in [0, 0.05) is 6.08 Å². The molecule has 2 aliphatic rings. The number of aliphatic hydroxyl groups excluding tert-OH is 2. The van der Waals surface area contributed by atoms with Crippen LogP contribution in [0.15, 0.2) is 24.3 Å². The molecular formula is C15H22O4. The Morgan fingerprint density at radius 1 is 1.16 bits per heavy atom. The highest BCUT2D eigenvalue weighted by Gasteiger charge is 2.35. The molecule has 2 rings (SSSR count). The summed E-state index contributed by atoms with van der Waals surface area (Å²) in [4.78, 5) is 11.4. The highest BCUT2D eigenvalue weighted by atomic mass is 16.5. The van der Waals surface area contributed by atoms with Crippen LogP contribution in [0, 0.1) is 11.8 Å². The van der Waals surface area contributed by atoms with E-state index in [4.69, 9.17) is 4.74 Å². The summed E-state index contributed by atoms with van der Waals surface area (Å²) in [5.41, 5.74) is 0. The number of hydrogen-bond acceptors (Lipinski definition) is 4. The van der Waals surface area contributed by atoms with Crippen molar-refractivity contribution < 1.29 is 19.7 Å². The number of fused-ring (bicyclic) bond motifs is 1. The minimum Gasteiger partial charge on any atom is -0.463 e. The van der Waals surface area contributed by atoms with Gasteiger partial charge < -0.3 is 14.9 Å². The van der Waals surface area contributed by atoms with Gasteiger partial charge in [-0.15, -0.1) is 0 Å². The Hall–Kier alpha value is -1.13. The van der Waals surface area contributed by atoms with Gasteiger partial charge in [0.25, 0.3) is 0 Å². The fourth-order valence-electron chi connectivity index (χ4n) is 2.86. The molecule has 0 amide bonds. The molecule has 0 unspecified atom stereocenters. The van der Waals surface area contributed by atoms with Crippen LogP contribution in [0.2, 0.25) is 0 Å². The zero-order chi connectivity index (χ0) is 13.7. The first-order chi connectivity index (χ1) is 9.16. The van der Waals surface area contributed by atoms with E-state index in [9.17, 15) is 15.0 Å². The molecule has 4 atom stereocenters. The molecule has 0 radical (unpaired) electrons. The van der Waals surface area contributed by atoms with Crippen LogP contribution >= 0.6 is 0 Å². The quantitative estimate of drug-likeness (QED) is 0.516. The van der Waals surface area contributed by atoms with E-state index >= 15 is 0 Å². The molecule has 1 aliphatic carbocycles. The van der Waals surface area contributed by atoms with Crippen LogP contribution in [0.5, 0.6) is 0 Å². The molecule has 1 fully saturated rings. The van der Waals surface area contributed by atoms with Gasteiger partial charge in [-0.05, 0) is 50.0 Å². The number of carbonyl (C=O) groups excluding carboxylic acids is 1. The maximum Gasteiger partial charge on any atom is 0.330 e. The second-order valence-corrected chi connectivity index (χ2v) is 5.39. The summed E-state index contributed by atoms with van der Waals surface area (Å²) < 4.78 is 5.03. The van der Waals surface area contributed by atoms with Crippen molar-refractivity contribution in [3.8, 4) is 0 Å². The number of hydrogen-bond donors (Lipinski definition) is 2. The molecule has 1 aliphatic heterocycles. The maximum atomic E-state index is 11.4. The molecule has 1 heterocycles. The standard InChI is InChI=1S/C15H22O4/c16-12-9-11-5-3-1-2-4-8-19-15(18)7-6-14(17)13(11)10-12/h3,5-7,11-14,16-17H,1-2,4,8-10H2/b5-3+,7-6+/t11-,12+,13-,14+/m1/s1. The van der Waals surface area contributed by atoms with Crippen LogP contribution in [-0.4, -0.2) is 35.0 Å². The molecule has 4 nitrogen and oxygen atoms in total. The van der Waals surface area contributed by atoms with E-state index in [1.54, 1.807) is 0 Å². The van der Waals surface area contributed by atoms with Crippen molar-refractivity contribution in [2.24, 2.45) is 11.8 Å². The van der Waals surface area contributed by atoms with E-state index in [1.165, 1.54) is 12.2 Å². The van der Waals surface area contributed by atoms with Crippen molar-refractivity contribution >= 4 is 5.97 Å². The van der Waals surface area contributed by atoms with Crippen LogP contribution in [0.1, 0.15) is 32.1 Å². The summed E-state index contributed by atoms with van der Waals surface area (Å²) in [5, 5.41) is 19.9. The van der Waals surface area contributed by atoms with E-state index in [-0.39, 0.29) is 17.9 Å². The fraction of sp³-hybridized carbons (Fsp3) is 0.667. The first-order valence-corrected chi connectivity index (χ1v) is 7.04. The van der Waals surface area contributed by atoms with Gasteiger partial charge in [0.05, 0.1) is 18.8 Å². The number of allylic oxidation sites excluding steroid dienone is 2. The topological polar surface area (TPSA) is 66.8 Å². The third kappa shape index (κ3) is 4.18. The number of rotatable bonds is 0. The Bertz CT molecular complexity index is 361. The third-order valence-electron chi connectivity index (χ3n) is 3.90. The average molecular weight is 266 g/mol. The summed E-state index contributed by atoms with van der Waals surface area (Å²) in [7, 11) is 0. The number of ether oxygens (including phenoxy) is 1. The highest BCUT2D eigenvalue weighted by molar-refractivity contribution is 5.81. The minimum atomic E-state index is -0.708. The van der Waals surface area contributed by atoms with Crippen molar-refractivity contribution in [2.75, 3.05) is 6.61 Å². The SMILES string of the molecule is O=C1/C=C/[C@H](O)[C@@H]2C[C@@H](O)C[C@H]2/C=C/CCCCO1. The largest absolute Gasteiger partial charge is 0.463 e. The zero-order valence-corrected chi connectivity index (χ0v) is 11.1. The fourth-order valence-corrected chi connectivity index (χ4v) is 2.86. The maximum absolute atomic E-state index is 11.4. The Labute approximate surface area is 113 Å². The molecule has 1 saturated carbocycles. The van der Waals surface area contributed by atoms with Gasteiger partial charge in [-0.25, -0.2) is 4.79 Å². The number of cyclic esters (lactones) is 1. The number of aliphatic hydroxyl groups is 2. The molecule has 0 aromatic carbocycles. The van der Waals surface area contributed by atoms with Crippen LogP contribution in [0.4, 0.5) is 0 Å². The first kappa shape index (κ1) is 14.3. The van der Waals surface area contributed by atoms with Crippen molar-refractivity contribution in [3.05, 3.63) is 24.3 Å². The van der Waals surface area contributed by atoms with Crippen molar-refractivity contribution in [1.29, 1.82) is 0 Å². The summed E-state index contributed by atoms with van der Waals surface area (Å²) >= 11 is 0. The highest BCUT2D eigenvalue weighted by Crippen LogP contribution is 2.36. The summed E-state index contributed by atoms with van der Waals surface area (Å²) in [6, 6.07) is 0. The van der Waals surface area contributed by atoms with Crippen LogP contribution in [0.3, 0.4) is 0 Å². The molecule has 0 aromatic rings. The number of esters is 1. The van der Waals surface area contributed by atoms with Gasteiger partial charge in [-0.1, -0.05) is 12.2 Å². The summed E-state index contributed by atoms with van der Waals surface area (Å²) in [6.07, 6.45) is 10.00. The predicted molar refractivity (Wildman–Crippen MR) is 71.3 cm³/mol. The lowest BCUT2D eigenvalue weighted by Crippen LogP contribution is -2.21. The van der Waals surface area contributed by atoms with Gasteiger partial charge in [0.15, 0.2) is 0 Å². The summed E-state index contributed by atoms with van der Waals surface area (Å²) in [5.74, 6) is -0.233. The number of carbonyl (C=O) groups is 1. The first-order valence-electron chi connectivity index (χ1n) is 7.04. The van der Waals surface area contributed by atoms with Gasteiger partial charge in [-0.2, -0.15) is 0 Å². The molecule has 19 heavy (non-hydrogen) atoms. The normalized spacial score (nSPS) is 40.2. The van der Waals surface area contributed by atoms with Crippen LogP contribution < -0.4 is 0 Å². The van der Waals surface area contributed by atoms with Crippen LogP contribution in [-0.2, 0) is 9.53 Å². The molecule has 0 saturated heterocycles. The smallest absolute Gasteiger partial charge is 0.330 e.